The molecule has 2 aliphatic heterocycles. The predicted octanol–water partition coefficient (Wildman–Crippen LogP) is 0.0543. The Hall–Kier alpha value is -0.380. The van der Waals surface area contributed by atoms with Gasteiger partial charge in [0.2, 0.25) is 0 Å². The van der Waals surface area contributed by atoms with Gasteiger partial charge < -0.3 is 15.2 Å². The van der Waals surface area contributed by atoms with E-state index >= 15 is 0 Å². The second-order valence-corrected chi connectivity index (χ2v) is 3.70. The van der Waals surface area contributed by atoms with Gasteiger partial charge >= 0.3 is 0 Å². The summed E-state index contributed by atoms with van der Waals surface area (Å²) >= 11 is 0. The van der Waals surface area contributed by atoms with Crippen molar-refractivity contribution in [3.05, 3.63) is 12.2 Å². The van der Waals surface area contributed by atoms with E-state index in [1.165, 1.54) is 0 Å². The van der Waals surface area contributed by atoms with Gasteiger partial charge in [-0.05, 0) is 7.05 Å². The van der Waals surface area contributed by atoms with Crippen LogP contribution < -0.4 is 5.32 Å². The third-order valence-electron chi connectivity index (χ3n) is 2.56. The van der Waals surface area contributed by atoms with Crippen LogP contribution in [-0.4, -0.2) is 36.5 Å². The van der Waals surface area contributed by atoms with Gasteiger partial charge in [0.1, 0.15) is 5.60 Å². The van der Waals surface area contributed by atoms with E-state index in [0.29, 0.717) is 0 Å². The fourth-order valence-electron chi connectivity index (χ4n) is 2.13. The van der Waals surface area contributed by atoms with Gasteiger partial charge in [0.15, 0.2) is 0 Å². The molecule has 0 spiro atoms. The van der Waals surface area contributed by atoms with E-state index in [1.807, 2.05) is 7.05 Å². The van der Waals surface area contributed by atoms with Crippen LogP contribution >= 0.6 is 0 Å². The molecule has 0 aliphatic carbocycles. The van der Waals surface area contributed by atoms with Crippen LogP contribution in [0, 0.1) is 0 Å². The van der Waals surface area contributed by atoms with Crippen molar-refractivity contribution in [1.29, 1.82) is 0 Å². The second kappa shape index (κ2) is 2.83. The summed E-state index contributed by atoms with van der Waals surface area (Å²) in [6.07, 6.45) is 5.56. The van der Waals surface area contributed by atoms with E-state index in [2.05, 4.69) is 17.5 Å². The van der Waals surface area contributed by atoms with E-state index in [1.54, 1.807) is 0 Å². The zero-order valence-corrected chi connectivity index (χ0v) is 7.29. The van der Waals surface area contributed by atoms with Crippen molar-refractivity contribution in [2.45, 2.75) is 30.7 Å². The maximum Gasteiger partial charge on any atom is 0.102 e. The molecule has 1 saturated heterocycles. The number of aliphatic hydroxyl groups excluding tert-OH is 1. The number of aliphatic hydroxyl groups is 1. The number of ether oxygens (including phenoxy) is 1. The second-order valence-electron chi connectivity index (χ2n) is 3.70. The molecule has 3 heteroatoms. The summed E-state index contributed by atoms with van der Waals surface area (Å²) in [6, 6.07) is 0. The Kier molecular flexibility index (Phi) is 1.94. The van der Waals surface area contributed by atoms with Crippen molar-refractivity contribution >= 4 is 0 Å². The lowest BCUT2D eigenvalue weighted by molar-refractivity contribution is -0.102. The molecule has 2 rings (SSSR count). The standard InChI is InChI=1S/C9H15NO2/c1-10-6-9-3-2-8(12-9)4-7(11)5-9/h2-3,7-8,10-11H,4-6H2,1H3/t7-,8+,9-/m1/s1. The number of nitrogens with one attached hydrogen (secondary N) is 1. The minimum atomic E-state index is -0.225. The topological polar surface area (TPSA) is 41.5 Å². The highest BCUT2D eigenvalue weighted by molar-refractivity contribution is 5.16. The Bertz CT molecular complexity index is 205. The first-order valence-corrected chi connectivity index (χ1v) is 4.44. The fraction of sp³-hybridized carbons (Fsp3) is 0.778. The zero-order valence-electron chi connectivity index (χ0n) is 7.29. The number of likely N-dealkylation sites (N-methyl/N-ethyl adjacent to an activating group) is 1. The molecule has 1 fully saturated rings. The Morgan fingerprint density at radius 1 is 1.75 bits per heavy atom. The maximum absolute atomic E-state index is 9.53. The summed E-state index contributed by atoms with van der Waals surface area (Å²) in [4.78, 5) is 0. The molecule has 68 valence electrons. The van der Waals surface area contributed by atoms with Crippen molar-refractivity contribution in [1.82, 2.24) is 5.32 Å². The van der Waals surface area contributed by atoms with E-state index < -0.39 is 0 Å². The minimum Gasteiger partial charge on any atom is -0.393 e. The van der Waals surface area contributed by atoms with Gasteiger partial charge in [0.25, 0.3) is 0 Å². The van der Waals surface area contributed by atoms with Crippen LogP contribution in [0.2, 0.25) is 0 Å². The molecule has 3 atom stereocenters. The number of hydrogen-bond donors (Lipinski definition) is 2. The van der Waals surface area contributed by atoms with Gasteiger partial charge in [-0.15, -0.1) is 0 Å². The monoisotopic (exact) mass is 169 g/mol. The molecule has 0 aromatic carbocycles. The quantitative estimate of drug-likeness (QED) is 0.574. The van der Waals surface area contributed by atoms with Crippen molar-refractivity contribution in [2.24, 2.45) is 0 Å². The van der Waals surface area contributed by atoms with Crippen LogP contribution in [0.3, 0.4) is 0 Å². The maximum atomic E-state index is 9.53. The highest BCUT2D eigenvalue weighted by Crippen LogP contribution is 2.35. The highest BCUT2D eigenvalue weighted by Gasteiger charge is 2.41. The first-order valence-electron chi connectivity index (χ1n) is 4.44. The lowest BCUT2D eigenvalue weighted by Gasteiger charge is -2.35. The molecule has 3 nitrogen and oxygen atoms in total. The van der Waals surface area contributed by atoms with Gasteiger partial charge in [0, 0.05) is 19.4 Å². The van der Waals surface area contributed by atoms with E-state index in [9.17, 15) is 5.11 Å². The Labute approximate surface area is 72.4 Å². The summed E-state index contributed by atoms with van der Waals surface area (Å²) in [6.45, 7) is 0.789. The molecule has 2 bridgehead atoms. The summed E-state index contributed by atoms with van der Waals surface area (Å²) < 4.78 is 5.76. The molecular formula is C9H15NO2. The summed E-state index contributed by atoms with van der Waals surface area (Å²) in [5.74, 6) is 0. The van der Waals surface area contributed by atoms with Crippen LogP contribution in [0.1, 0.15) is 12.8 Å². The summed E-state index contributed by atoms with van der Waals surface area (Å²) in [5.41, 5.74) is -0.225. The molecule has 0 radical (unpaired) electrons. The zero-order chi connectivity index (χ0) is 8.60. The minimum absolute atomic E-state index is 0.141. The molecule has 0 saturated carbocycles. The summed E-state index contributed by atoms with van der Waals surface area (Å²) in [5, 5.41) is 12.6. The lowest BCUT2D eigenvalue weighted by atomic mass is 9.94. The van der Waals surface area contributed by atoms with Crippen LogP contribution in [0.4, 0.5) is 0 Å². The van der Waals surface area contributed by atoms with Crippen molar-refractivity contribution in [2.75, 3.05) is 13.6 Å². The molecule has 2 aliphatic rings. The van der Waals surface area contributed by atoms with Crippen LogP contribution in [0.5, 0.6) is 0 Å². The predicted molar refractivity (Wildman–Crippen MR) is 45.9 cm³/mol. The molecule has 0 unspecified atom stereocenters. The fourth-order valence-corrected chi connectivity index (χ4v) is 2.13. The smallest absolute Gasteiger partial charge is 0.102 e. The average Bonchev–Trinajstić information content (AvgIpc) is 2.27. The lowest BCUT2D eigenvalue weighted by Crippen LogP contribution is -2.46. The highest BCUT2D eigenvalue weighted by atomic mass is 16.5. The van der Waals surface area contributed by atoms with Gasteiger partial charge in [-0.1, -0.05) is 12.2 Å². The van der Waals surface area contributed by atoms with Crippen LogP contribution in [0.25, 0.3) is 0 Å². The van der Waals surface area contributed by atoms with Gasteiger partial charge in [-0.2, -0.15) is 0 Å². The number of fused-ring (bicyclic) bond motifs is 2. The molecular weight excluding hydrogens is 154 g/mol. The SMILES string of the molecule is CNC[C@@]12C=C[C@@H](C[C@@H](O)C1)O2. The van der Waals surface area contributed by atoms with E-state index in [4.69, 9.17) is 4.74 Å². The Balaban J connectivity index is 2.10. The summed E-state index contributed by atoms with van der Waals surface area (Å²) in [7, 11) is 1.90. The normalized spacial score (nSPS) is 45.2. The largest absolute Gasteiger partial charge is 0.393 e. The molecule has 2 N–H and O–H groups in total. The van der Waals surface area contributed by atoms with E-state index in [-0.39, 0.29) is 17.8 Å². The average molecular weight is 169 g/mol. The van der Waals surface area contributed by atoms with Crippen LogP contribution in [-0.2, 0) is 4.74 Å². The van der Waals surface area contributed by atoms with Gasteiger partial charge in [-0.3, -0.25) is 0 Å². The van der Waals surface area contributed by atoms with E-state index in [0.717, 1.165) is 19.4 Å². The number of hydrogen-bond acceptors (Lipinski definition) is 3. The Morgan fingerprint density at radius 3 is 3.33 bits per heavy atom. The number of rotatable bonds is 2. The first-order chi connectivity index (χ1) is 5.74. The molecule has 0 aromatic heterocycles. The third-order valence-corrected chi connectivity index (χ3v) is 2.56. The third kappa shape index (κ3) is 1.28. The van der Waals surface area contributed by atoms with Crippen molar-refractivity contribution in [3.8, 4) is 0 Å². The molecule has 0 amide bonds. The van der Waals surface area contributed by atoms with Gasteiger partial charge in [0.05, 0.1) is 12.2 Å². The molecule has 12 heavy (non-hydrogen) atoms. The van der Waals surface area contributed by atoms with Crippen LogP contribution in [0.15, 0.2) is 12.2 Å². The first kappa shape index (κ1) is 8.23. The molecule has 0 aromatic rings. The van der Waals surface area contributed by atoms with Gasteiger partial charge in [-0.25, -0.2) is 0 Å². The van der Waals surface area contributed by atoms with Crippen molar-refractivity contribution in [3.63, 3.8) is 0 Å². The van der Waals surface area contributed by atoms with Crippen molar-refractivity contribution < 1.29 is 9.84 Å². The molecule has 2 heterocycles. The Morgan fingerprint density at radius 2 is 2.58 bits per heavy atom.